The molecule has 0 spiro atoms. The molecule has 1 heterocycles. The molecule has 0 aliphatic rings. The van der Waals surface area contributed by atoms with Crippen molar-refractivity contribution in [1.82, 2.24) is 14.5 Å². The second kappa shape index (κ2) is 9.55. The summed E-state index contributed by atoms with van der Waals surface area (Å²) in [5.41, 5.74) is 0.488. The van der Waals surface area contributed by atoms with Crippen LogP contribution in [0.4, 0.5) is 0 Å². The van der Waals surface area contributed by atoms with Crippen molar-refractivity contribution in [3.63, 3.8) is 0 Å². The fraction of sp³-hybridized carbons (Fsp3) is 0.474. The fourth-order valence-corrected chi connectivity index (χ4v) is 3.10. The Balaban J connectivity index is 2.17. The number of esters is 1. The zero-order valence-electron chi connectivity index (χ0n) is 16.1. The van der Waals surface area contributed by atoms with Crippen LogP contribution >= 0.6 is 11.8 Å². The topological polar surface area (TPSA) is 81.5 Å². The Labute approximate surface area is 162 Å². The maximum atomic E-state index is 12.8. The lowest BCUT2D eigenvalue weighted by Gasteiger charge is -2.14. The highest BCUT2D eigenvalue weighted by molar-refractivity contribution is 7.99. The Morgan fingerprint density at radius 2 is 1.96 bits per heavy atom. The van der Waals surface area contributed by atoms with E-state index in [0.717, 1.165) is 18.2 Å². The molecule has 0 saturated carbocycles. The van der Waals surface area contributed by atoms with Crippen molar-refractivity contribution in [2.75, 3.05) is 26.5 Å². The molecule has 146 valence electrons. The number of carbonyl (C=O) groups is 2. The Hall–Kier alpha value is -2.35. The molecule has 0 aliphatic heterocycles. The molecule has 8 heteroatoms. The van der Waals surface area contributed by atoms with Crippen LogP contribution in [-0.2, 0) is 20.9 Å². The van der Waals surface area contributed by atoms with Crippen LogP contribution < -0.4 is 5.56 Å². The van der Waals surface area contributed by atoms with Crippen LogP contribution in [0.25, 0.3) is 10.9 Å². The van der Waals surface area contributed by atoms with E-state index >= 15 is 0 Å². The normalized spacial score (nSPS) is 11.0. The molecule has 0 fully saturated rings. The average molecular weight is 391 g/mol. The van der Waals surface area contributed by atoms with Crippen molar-refractivity contribution < 1.29 is 14.3 Å². The van der Waals surface area contributed by atoms with E-state index in [0.29, 0.717) is 28.5 Å². The van der Waals surface area contributed by atoms with Gasteiger partial charge in [0.25, 0.3) is 11.5 Å². The van der Waals surface area contributed by atoms with Gasteiger partial charge in [0, 0.05) is 20.6 Å². The molecule has 27 heavy (non-hydrogen) atoms. The van der Waals surface area contributed by atoms with Gasteiger partial charge in [0.2, 0.25) is 0 Å². The number of fused-ring (bicyclic) bond motifs is 1. The number of para-hydroxylation sites is 1. The first-order valence-electron chi connectivity index (χ1n) is 8.77. The number of benzene rings is 1. The van der Waals surface area contributed by atoms with E-state index in [4.69, 9.17) is 4.74 Å². The first-order valence-corrected chi connectivity index (χ1v) is 9.76. The molecule has 1 amide bonds. The molecule has 1 aromatic carbocycles. The highest BCUT2D eigenvalue weighted by atomic mass is 32.2. The third-order valence-electron chi connectivity index (χ3n) is 3.93. The van der Waals surface area contributed by atoms with Crippen molar-refractivity contribution >= 4 is 34.5 Å². The standard InChI is InChI=1S/C19H25N3O4S/c1-13(2)9-10-22-18(25)14-7-5-6-8-15(14)20-19(22)27-12-17(24)26-11-16(23)21(3)4/h5-8,13H,9-12H2,1-4H3. The molecule has 0 aliphatic carbocycles. The van der Waals surface area contributed by atoms with E-state index in [-0.39, 0.29) is 23.8 Å². The summed E-state index contributed by atoms with van der Waals surface area (Å²) in [6, 6.07) is 7.17. The number of rotatable bonds is 8. The molecule has 0 atom stereocenters. The Morgan fingerprint density at radius 1 is 1.26 bits per heavy atom. The van der Waals surface area contributed by atoms with Gasteiger partial charge in [-0.3, -0.25) is 19.0 Å². The fourth-order valence-electron chi connectivity index (χ4n) is 2.28. The number of carbonyl (C=O) groups excluding carboxylic acids is 2. The number of likely N-dealkylation sites (N-methyl/N-ethyl adjacent to an activating group) is 1. The molecule has 0 saturated heterocycles. The number of ether oxygens (including phenoxy) is 1. The summed E-state index contributed by atoms with van der Waals surface area (Å²) in [6.07, 6.45) is 0.829. The maximum Gasteiger partial charge on any atom is 0.316 e. The quantitative estimate of drug-likeness (QED) is 0.390. The number of thioether (sulfide) groups is 1. The molecule has 2 rings (SSSR count). The second-order valence-electron chi connectivity index (χ2n) is 6.79. The third-order valence-corrected chi connectivity index (χ3v) is 4.88. The van der Waals surface area contributed by atoms with E-state index in [1.54, 1.807) is 30.8 Å². The number of amides is 1. The van der Waals surface area contributed by atoms with E-state index < -0.39 is 5.97 Å². The lowest BCUT2D eigenvalue weighted by atomic mass is 10.1. The van der Waals surface area contributed by atoms with Gasteiger partial charge in [-0.2, -0.15) is 0 Å². The van der Waals surface area contributed by atoms with E-state index in [1.807, 2.05) is 12.1 Å². The molecule has 7 nitrogen and oxygen atoms in total. The molecule has 0 unspecified atom stereocenters. The number of hydrogen-bond acceptors (Lipinski definition) is 6. The van der Waals surface area contributed by atoms with Crippen molar-refractivity contribution in [2.45, 2.75) is 32.0 Å². The molecule has 0 N–H and O–H groups in total. The van der Waals surface area contributed by atoms with Crippen LogP contribution in [0.15, 0.2) is 34.2 Å². The van der Waals surface area contributed by atoms with Crippen LogP contribution in [0.2, 0.25) is 0 Å². The van der Waals surface area contributed by atoms with Gasteiger partial charge < -0.3 is 9.64 Å². The van der Waals surface area contributed by atoms with Gasteiger partial charge in [-0.25, -0.2) is 4.98 Å². The van der Waals surface area contributed by atoms with E-state index in [9.17, 15) is 14.4 Å². The summed E-state index contributed by atoms with van der Waals surface area (Å²) in [6.45, 7) is 4.42. The Kier molecular flexibility index (Phi) is 7.41. The van der Waals surface area contributed by atoms with Crippen LogP contribution in [0.5, 0.6) is 0 Å². The third kappa shape index (κ3) is 5.82. The van der Waals surface area contributed by atoms with Crippen LogP contribution in [0.1, 0.15) is 20.3 Å². The Morgan fingerprint density at radius 3 is 2.63 bits per heavy atom. The lowest BCUT2D eigenvalue weighted by molar-refractivity contribution is -0.148. The summed E-state index contributed by atoms with van der Waals surface area (Å²) in [7, 11) is 3.19. The van der Waals surface area contributed by atoms with Crippen molar-refractivity contribution in [3.05, 3.63) is 34.6 Å². The molecular formula is C19H25N3O4S. The predicted octanol–water partition coefficient (Wildman–Crippen LogP) is 2.17. The SMILES string of the molecule is CC(C)CCn1c(SCC(=O)OCC(=O)N(C)C)nc2ccccc2c1=O. The first-order chi connectivity index (χ1) is 12.8. The summed E-state index contributed by atoms with van der Waals surface area (Å²) in [5.74, 6) is -0.394. The minimum atomic E-state index is -0.520. The van der Waals surface area contributed by atoms with Gasteiger partial charge in [-0.1, -0.05) is 37.7 Å². The van der Waals surface area contributed by atoms with Crippen molar-refractivity contribution in [1.29, 1.82) is 0 Å². The maximum absolute atomic E-state index is 12.8. The number of hydrogen-bond donors (Lipinski definition) is 0. The van der Waals surface area contributed by atoms with Crippen LogP contribution in [0.3, 0.4) is 0 Å². The Bertz CT molecular complexity index is 877. The zero-order valence-corrected chi connectivity index (χ0v) is 16.9. The second-order valence-corrected chi connectivity index (χ2v) is 7.73. The van der Waals surface area contributed by atoms with E-state index in [2.05, 4.69) is 18.8 Å². The van der Waals surface area contributed by atoms with Gasteiger partial charge in [0.1, 0.15) is 0 Å². The zero-order chi connectivity index (χ0) is 20.0. The minimum absolute atomic E-state index is 0.0207. The highest BCUT2D eigenvalue weighted by Gasteiger charge is 2.15. The largest absolute Gasteiger partial charge is 0.455 e. The molecular weight excluding hydrogens is 366 g/mol. The van der Waals surface area contributed by atoms with Crippen molar-refractivity contribution in [3.8, 4) is 0 Å². The molecule has 0 bridgehead atoms. The predicted molar refractivity (Wildman–Crippen MR) is 106 cm³/mol. The molecule has 0 radical (unpaired) electrons. The monoisotopic (exact) mass is 391 g/mol. The van der Waals surface area contributed by atoms with Gasteiger partial charge in [0.15, 0.2) is 11.8 Å². The number of aromatic nitrogens is 2. The van der Waals surface area contributed by atoms with Gasteiger partial charge in [-0.05, 0) is 24.5 Å². The molecule has 1 aromatic heterocycles. The smallest absolute Gasteiger partial charge is 0.316 e. The van der Waals surface area contributed by atoms with E-state index in [1.165, 1.54) is 4.90 Å². The average Bonchev–Trinajstić information content (AvgIpc) is 2.63. The highest BCUT2D eigenvalue weighted by Crippen LogP contribution is 2.19. The minimum Gasteiger partial charge on any atom is -0.455 e. The van der Waals surface area contributed by atoms with Gasteiger partial charge in [-0.15, -0.1) is 0 Å². The summed E-state index contributed by atoms with van der Waals surface area (Å²) < 4.78 is 6.59. The van der Waals surface area contributed by atoms with Crippen LogP contribution in [-0.4, -0.2) is 52.8 Å². The van der Waals surface area contributed by atoms with Gasteiger partial charge in [0.05, 0.1) is 16.7 Å². The molecule has 2 aromatic rings. The summed E-state index contributed by atoms with van der Waals surface area (Å²) >= 11 is 1.15. The van der Waals surface area contributed by atoms with Crippen molar-refractivity contribution in [2.24, 2.45) is 5.92 Å². The van der Waals surface area contributed by atoms with Crippen LogP contribution in [0, 0.1) is 5.92 Å². The summed E-state index contributed by atoms with van der Waals surface area (Å²) in [5, 5.41) is 1.04. The van der Waals surface area contributed by atoms with Gasteiger partial charge >= 0.3 is 5.97 Å². The number of nitrogens with zero attached hydrogens (tertiary/aromatic N) is 3. The first kappa shape index (κ1) is 21.0. The lowest BCUT2D eigenvalue weighted by Crippen LogP contribution is -2.28. The summed E-state index contributed by atoms with van der Waals surface area (Å²) in [4.78, 5) is 42.2.